The van der Waals surface area contributed by atoms with Crippen molar-refractivity contribution >= 4 is 5.91 Å². The van der Waals surface area contributed by atoms with Gasteiger partial charge in [-0.05, 0) is 18.6 Å². The van der Waals surface area contributed by atoms with E-state index in [0.29, 0.717) is 5.56 Å². The van der Waals surface area contributed by atoms with Gasteiger partial charge in [0.15, 0.2) is 6.61 Å². The van der Waals surface area contributed by atoms with Crippen LogP contribution >= 0.6 is 0 Å². The maximum atomic E-state index is 12.0. The quantitative estimate of drug-likeness (QED) is 0.815. The maximum Gasteiger partial charge on any atom is 0.272 e. The molecule has 2 N–H and O–H groups in total. The average molecular weight is 336 g/mol. The van der Waals surface area contributed by atoms with Crippen molar-refractivity contribution in [3.05, 3.63) is 59.3 Å². The second kappa shape index (κ2) is 8.35. The van der Waals surface area contributed by atoms with E-state index in [0.717, 1.165) is 5.56 Å². The highest BCUT2D eigenvalue weighted by Crippen LogP contribution is 2.14. The molecule has 1 heterocycles. The number of halogens is 2. The van der Waals surface area contributed by atoms with Crippen LogP contribution in [0.1, 0.15) is 27.6 Å². The number of alkyl halides is 2. The van der Waals surface area contributed by atoms with Crippen LogP contribution in [0.2, 0.25) is 0 Å². The Hall–Kier alpha value is -2.54. The molecule has 128 valence electrons. The van der Waals surface area contributed by atoms with E-state index in [1.54, 1.807) is 6.07 Å². The summed E-state index contributed by atoms with van der Waals surface area (Å²) in [5.74, 6) is -0.402. The number of nitrogens with zero attached hydrogens (tertiary/aromatic N) is 1. The Bertz CT molecular complexity index is 678. The first-order valence-corrected chi connectivity index (χ1v) is 7.35. The standard InChI is InChI=1S/C17H18F2N2O3/c1-11-3-2-4-12(7-11)14(22)9-21-17(23)13-5-6-16(20-8-13)24-10-15(18)19/h2-8,14-15,22H,9-10H2,1H3,(H,21,23). The molecule has 0 aliphatic heterocycles. The summed E-state index contributed by atoms with van der Waals surface area (Å²) in [5.41, 5.74) is 1.97. The van der Waals surface area contributed by atoms with Crippen molar-refractivity contribution in [2.24, 2.45) is 0 Å². The molecule has 0 spiro atoms. The number of rotatable bonds is 7. The molecular weight excluding hydrogens is 318 g/mol. The SMILES string of the molecule is Cc1cccc(C(O)CNC(=O)c2ccc(OCC(F)F)nc2)c1. The van der Waals surface area contributed by atoms with Crippen molar-refractivity contribution in [3.8, 4) is 5.88 Å². The number of benzene rings is 1. The molecule has 0 bridgehead atoms. The van der Waals surface area contributed by atoms with Crippen LogP contribution in [0.15, 0.2) is 42.6 Å². The van der Waals surface area contributed by atoms with Gasteiger partial charge < -0.3 is 15.2 Å². The molecule has 2 rings (SSSR count). The van der Waals surface area contributed by atoms with Crippen LogP contribution in [-0.4, -0.2) is 35.6 Å². The van der Waals surface area contributed by atoms with Crippen molar-refractivity contribution in [2.45, 2.75) is 19.5 Å². The topological polar surface area (TPSA) is 71.5 Å². The first-order chi connectivity index (χ1) is 11.5. The van der Waals surface area contributed by atoms with Gasteiger partial charge in [0.05, 0.1) is 11.7 Å². The second-order valence-electron chi connectivity index (χ2n) is 5.23. The van der Waals surface area contributed by atoms with Crippen LogP contribution in [0.5, 0.6) is 5.88 Å². The largest absolute Gasteiger partial charge is 0.472 e. The minimum atomic E-state index is -2.59. The summed E-state index contributed by atoms with van der Waals surface area (Å²) in [7, 11) is 0. The number of aromatic nitrogens is 1. The third kappa shape index (κ3) is 5.27. The first kappa shape index (κ1) is 17.8. The summed E-state index contributed by atoms with van der Waals surface area (Å²) in [6, 6.07) is 10.1. The van der Waals surface area contributed by atoms with Crippen LogP contribution in [0.3, 0.4) is 0 Å². The van der Waals surface area contributed by atoms with Crippen LogP contribution < -0.4 is 10.1 Å². The fourth-order valence-corrected chi connectivity index (χ4v) is 2.04. The van der Waals surface area contributed by atoms with E-state index in [1.165, 1.54) is 18.3 Å². The number of aliphatic hydroxyl groups excluding tert-OH is 1. The summed E-state index contributed by atoms with van der Waals surface area (Å²) in [4.78, 5) is 15.8. The zero-order valence-corrected chi connectivity index (χ0v) is 13.1. The summed E-state index contributed by atoms with van der Waals surface area (Å²) in [5, 5.41) is 12.7. The number of carbonyl (C=O) groups is 1. The van der Waals surface area contributed by atoms with Gasteiger partial charge in [0.25, 0.3) is 12.3 Å². The molecule has 5 nitrogen and oxygen atoms in total. The Balaban J connectivity index is 1.88. The van der Waals surface area contributed by atoms with Crippen molar-refractivity contribution in [2.75, 3.05) is 13.2 Å². The molecule has 0 aliphatic rings. The number of aryl methyl sites for hydroxylation is 1. The summed E-state index contributed by atoms with van der Waals surface area (Å²) in [6.45, 7) is 1.21. The van der Waals surface area contributed by atoms with E-state index in [4.69, 9.17) is 4.74 Å². The molecule has 24 heavy (non-hydrogen) atoms. The van der Waals surface area contributed by atoms with Gasteiger partial charge in [-0.2, -0.15) is 0 Å². The van der Waals surface area contributed by atoms with E-state index >= 15 is 0 Å². The Morgan fingerprint density at radius 1 is 1.33 bits per heavy atom. The molecule has 0 saturated heterocycles. The number of pyridine rings is 1. The molecule has 1 aromatic carbocycles. The number of amides is 1. The maximum absolute atomic E-state index is 12.0. The summed E-state index contributed by atoms with van der Waals surface area (Å²) in [6.07, 6.45) is -2.18. The Morgan fingerprint density at radius 2 is 2.12 bits per heavy atom. The van der Waals surface area contributed by atoms with Crippen molar-refractivity contribution in [3.63, 3.8) is 0 Å². The van der Waals surface area contributed by atoms with E-state index in [1.807, 2.05) is 25.1 Å². The van der Waals surface area contributed by atoms with Gasteiger partial charge in [-0.25, -0.2) is 13.8 Å². The van der Waals surface area contributed by atoms with Crippen molar-refractivity contribution in [1.82, 2.24) is 10.3 Å². The van der Waals surface area contributed by atoms with E-state index < -0.39 is 25.0 Å². The second-order valence-corrected chi connectivity index (χ2v) is 5.23. The Morgan fingerprint density at radius 3 is 2.75 bits per heavy atom. The van der Waals surface area contributed by atoms with Crippen molar-refractivity contribution < 1.29 is 23.4 Å². The zero-order chi connectivity index (χ0) is 17.5. The van der Waals surface area contributed by atoms with E-state index in [2.05, 4.69) is 10.3 Å². The molecule has 1 unspecified atom stereocenters. The number of hydrogen-bond donors (Lipinski definition) is 2. The number of nitrogens with one attached hydrogen (secondary N) is 1. The lowest BCUT2D eigenvalue weighted by atomic mass is 10.1. The lowest BCUT2D eigenvalue weighted by Crippen LogP contribution is -2.28. The highest BCUT2D eigenvalue weighted by molar-refractivity contribution is 5.93. The molecule has 0 radical (unpaired) electrons. The van der Waals surface area contributed by atoms with Crippen molar-refractivity contribution in [1.29, 1.82) is 0 Å². The van der Waals surface area contributed by atoms with Gasteiger partial charge >= 0.3 is 0 Å². The number of carbonyl (C=O) groups excluding carboxylic acids is 1. The molecular formula is C17H18F2N2O3. The Kier molecular flexibility index (Phi) is 6.20. The van der Waals surface area contributed by atoms with Crippen LogP contribution in [0, 0.1) is 6.92 Å². The fraction of sp³-hybridized carbons (Fsp3) is 0.294. The third-order valence-corrected chi connectivity index (χ3v) is 3.24. The predicted octanol–water partition coefficient (Wildman–Crippen LogP) is 2.50. The van der Waals surface area contributed by atoms with E-state index in [-0.39, 0.29) is 18.0 Å². The van der Waals surface area contributed by atoms with Gasteiger partial charge in [-0.15, -0.1) is 0 Å². The molecule has 1 amide bonds. The van der Waals surface area contributed by atoms with Gasteiger partial charge in [0, 0.05) is 18.8 Å². The molecule has 1 aromatic heterocycles. The number of aliphatic hydroxyl groups is 1. The zero-order valence-electron chi connectivity index (χ0n) is 13.1. The first-order valence-electron chi connectivity index (χ1n) is 7.35. The van der Waals surface area contributed by atoms with Crippen LogP contribution in [0.4, 0.5) is 8.78 Å². The number of hydrogen-bond acceptors (Lipinski definition) is 4. The minimum Gasteiger partial charge on any atom is -0.472 e. The fourth-order valence-electron chi connectivity index (χ4n) is 2.04. The average Bonchev–Trinajstić information content (AvgIpc) is 2.58. The van der Waals surface area contributed by atoms with E-state index in [9.17, 15) is 18.7 Å². The molecule has 7 heteroatoms. The highest BCUT2D eigenvalue weighted by atomic mass is 19.3. The predicted molar refractivity (Wildman–Crippen MR) is 84.2 cm³/mol. The Labute approximate surface area is 138 Å². The van der Waals surface area contributed by atoms with Crippen LogP contribution in [-0.2, 0) is 0 Å². The normalized spacial score (nSPS) is 12.0. The molecule has 2 aromatic rings. The van der Waals surface area contributed by atoms with Gasteiger partial charge in [-0.1, -0.05) is 29.8 Å². The van der Waals surface area contributed by atoms with Gasteiger partial charge in [-0.3, -0.25) is 4.79 Å². The molecule has 0 aliphatic carbocycles. The molecule has 1 atom stereocenters. The monoisotopic (exact) mass is 336 g/mol. The number of ether oxygens (including phenoxy) is 1. The van der Waals surface area contributed by atoms with Gasteiger partial charge in [0.2, 0.25) is 5.88 Å². The third-order valence-electron chi connectivity index (χ3n) is 3.24. The molecule has 0 saturated carbocycles. The minimum absolute atomic E-state index is 0.0200. The molecule has 0 fully saturated rings. The smallest absolute Gasteiger partial charge is 0.272 e. The van der Waals surface area contributed by atoms with Gasteiger partial charge in [0.1, 0.15) is 0 Å². The highest BCUT2D eigenvalue weighted by Gasteiger charge is 2.12. The summed E-state index contributed by atoms with van der Waals surface area (Å²) < 4.78 is 28.8. The lowest BCUT2D eigenvalue weighted by molar-refractivity contribution is 0.0794. The lowest BCUT2D eigenvalue weighted by Gasteiger charge is -2.13. The van der Waals surface area contributed by atoms with Crippen LogP contribution in [0.25, 0.3) is 0 Å². The summed E-state index contributed by atoms with van der Waals surface area (Å²) >= 11 is 0.